The summed E-state index contributed by atoms with van der Waals surface area (Å²) < 4.78 is 34.6. The molecule has 1 atom stereocenters. The molecule has 1 aromatic heterocycles. The van der Waals surface area contributed by atoms with Crippen molar-refractivity contribution in [2.75, 3.05) is 32.8 Å². The molecule has 8 heteroatoms. The van der Waals surface area contributed by atoms with Crippen molar-refractivity contribution >= 4 is 10.0 Å². The number of sulfonamides is 1. The van der Waals surface area contributed by atoms with Gasteiger partial charge in [-0.15, -0.1) is 0 Å². The van der Waals surface area contributed by atoms with Gasteiger partial charge in [0.25, 0.3) is 10.0 Å². The number of hydrogen-bond acceptors (Lipinski definition) is 5. The fraction of sp³-hybridized carbons (Fsp3) is 0.400. The Kier molecular flexibility index (Phi) is 7.80. The summed E-state index contributed by atoms with van der Waals surface area (Å²) in [6, 6.07) is 18.8. The highest BCUT2D eigenvalue weighted by Gasteiger charge is 2.20. The van der Waals surface area contributed by atoms with Crippen molar-refractivity contribution in [1.82, 2.24) is 19.2 Å². The van der Waals surface area contributed by atoms with E-state index in [2.05, 4.69) is 57.1 Å². The van der Waals surface area contributed by atoms with Crippen LogP contribution in [0.5, 0.6) is 5.75 Å². The minimum atomic E-state index is -3.63. The number of ether oxygens (including phenoxy) is 1. The zero-order valence-electron chi connectivity index (χ0n) is 19.1. The molecule has 1 saturated heterocycles. The molecule has 176 valence electrons. The number of nitrogens with one attached hydrogen (secondary N) is 1. The molecule has 2 aromatic carbocycles. The van der Waals surface area contributed by atoms with Crippen LogP contribution in [-0.2, 0) is 23.5 Å². The van der Waals surface area contributed by atoms with E-state index < -0.39 is 10.0 Å². The second-order valence-electron chi connectivity index (χ2n) is 8.59. The van der Waals surface area contributed by atoms with Crippen LogP contribution in [0.25, 0.3) is 0 Å². The van der Waals surface area contributed by atoms with Gasteiger partial charge in [-0.25, -0.2) is 18.1 Å². The summed E-state index contributed by atoms with van der Waals surface area (Å²) in [6.07, 6.45) is 6.46. The Balaban J connectivity index is 1.37. The molecule has 1 aliphatic rings. The Morgan fingerprint density at radius 3 is 2.61 bits per heavy atom. The number of likely N-dealkylation sites (tertiary alicyclic amines) is 1. The summed E-state index contributed by atoms with van der Waals surface area (Å²) in [5, 5.41) is 0.0117. The van der Waals surface area contributed by atoms with Gasteiger partial charge in [0.15, 0.2) is 5.03 Å². The summed E-state index contributed by atoms with van der Waals surface area (Å²) in [4.78, 5) is 6.45. The van der Waals surface area contributed by atoms with E-state index in [0.717, 1.165) is 31.8 Å². The van der Waals surface area contributed by atoms with E-state index in [0.29, 0.717) is 5.92 Å². The van der Waals surface area contributed by atoms with E-state index >= 15 is 0 Å². The van der Waals surface area contributed by atoms with Crippen molar-refractivity contribution in [3.63, 3.8) is 0 Å². The molecule has 1 fully saturated rings. The van der Waals surface area contributed by atoms with E-state index in [-0.39, 0.29) is 18.2 Å². The molecule has 0 radical (unpaired) electrons. The number of rotatable bonds is 11. The van der Waals surface area contributed by atoms with Crippen molar-refractivity contribution in [3.05, 3.63) is 78.2 Å². The van der Waals surface area contributed by atoms with Crippen LogP contribution in [0.15, 0.2) is 72.1 Å². The molecule has 0 saturated carbocycles. The molecule has 1 N–H and O–H groups in total. The minimum Gasteiger partial charge on any atom is -0.492 e. The van der Waals surface area contributed by atoms with Crippen LogP contribution in [0, 0.1) is 0 Å². The summed E-state index contributed by atoms with van der Waals surface area (Å²) >= 11 is 0. The smallest absolute Gasteiger partial charge is 0.259 e. The quantitative estimate of drug-likeness (QED) is 0.438. The Bertz CT molecular complexity index is 1130. The predicted octanol–water partition coefficient (Wildman–Crippen LogP) is 3.20. The van der Waals surface area contributed by atoms with E-state index in [1.54, 1.807) is 11.6 Å². The summed E-state index contributed by atoms with van der Waals surface area (Å²) in [6.45, 7) is 3.77. The highest BCUT2D eigenvalue weighted by atomic mass is 32.2. The number of aromatic nitrogens is 2. The van der Waals surface area contributed by atoms with E-state index in [4.69, 9.17) is 4.74 Å². The van der Waals surface area contributed by atoms with Crippen LogP contribution in [0.2, 0.25) is 0 Å². The third-order valence-corrected chi connectivity index (χ3v) is 7.30. The molecule has 2 heterocycles. The van der Waals surface area contributed by atoms with Gasteiger partial charge >= 0.3 is 0 Å². The first-order chi connectivity index (χ1) is 16.0. The lowest BCUT2D eigenvalue weighted by molar-refractivity contribution is 0.309. The lowest BCUT2D eigenvalue weighted by Gasteiger charge is -2.24. The molecule has 0 amide bonds. The number of aryl methyl sites for hydroxylation is 1. The molecule has 1 unspecified atom stereocenters. The molecule has 0 spiro atoms. The Labute approximate surface area is 196 Å². The van der Waals surface area contributed by atoms with E-state index in [1.807, 2.05) is 12.1 Å². The van der Waals surface area contributed by atoms with Gasteiger partial charge in [0.2, 0.25) is 0 Å². The number of imidazole rings is 1. The van der Waals surface area contributed by atoms with Crippen molar-refractivity contribution in [1.29, 1.82) is 0 Å². The Hall–Kier alpha value is -2.68. The maximum absolute atomic E-state index is 12.3. The zero-order chi connectivity index (χ0) is 23.1. The van der Waals surface area contributed by atoms with Crippen molar-refractivity contribution in [2.24, 2.45) is 7.05 Å². The van der Waals surface area contributed by atoms with Gasteiger partial charge in [-0.05, 0) is 55.6 Å². The molecule has 33 heavy (non-hydrogen) atoms. The van der Waals surface area contributed by atoms with Crippen molar-refractivity contribution in [3.8, 4) is 5.75 Å². The third kappa shape index (κ3) is 6.66. The third-order valence-electron chi connectivity index (χ3n) is 5.95. The van der Waals surface area contributed by atoms with E-state index in [1.165, 1.54) is 36.5 Å². The molecular weight excluding hydrogens is 436 g/mol. The van der Waals surface area contributed by atoms with Crippen LogP contribution in [0.1, 0.15) is 29.9 Å². The number of benzene rings is 2. The SMILES string of the molecule is Cn1cnc(S(=O)(=O)NCCOc2cccc(C(Cc3ccccc3)CN3CCCC3)c2)c1. The maximum Gasteiger partial charge on any atom is 0.259 e. The van der Waals surface area contributed by atoms with Gasteiger partial charge in [0.1, 0.15) is 12.4 Å². The van der Waals surface area contributed by atoms with Crippen LogP contribution >= 0.6 is 0 Å². The van der Waals surface area contributed by atoms with Gasteiger partial charge in [-0.3, -0.25) is 0 Å². The van der Waals surface area contributed by atoms with Crippen molar-refractivity contribution < 1.29 is 13.2 Å². The number of nitrogens with zero attached hydrogens (tertiary/aromatic N) is 3. The molecule has 4 rings (SSSR count). The molecule has 7 nitrogen and oxygen atoms in total. The highest BCUT2D eigenvalue weighted by molar-refractivity contribution is 7.89. The van der Waals surface area contributed by atoms with Crippen LogP contribution in [-0.4, -0.2) is 55.7 Å². The van der Waals surface area contributed by atoms with Gasteiger partial charge < -0.3 is 14.2 Å². The first kappa shape index (κ1) is 23.5. The van der Waals surface area contributed by atoms with Gasteiger partial charge in [0.05, 0.1) is 6.33 Å². The van der Waals surface area contributed by atoms with Gasteiger partial charge in [-0.2, -0.15) is 0 Å². The van der Waals surface area contributed by atoms with Crippen LogP contribution in [0.4, 0.5) is 0 Å². The lowest BCUT2D eigenvalue weighted by Crippen LogP contribution is -2.28. The standard InChI is InChI=1S/C25H32N4O3S/c1-28-19-25(26-20-28)33(30,31)27-12-15-32-24-11-7-10-22(17-24)23(18-29-13-5-6-14-29)16-21-8-3-2-4-9-21/h2-4,7-11,17,19-20,23,27H,5-6,12-16,18H2,1H3. The monoisotopic (exact) mass is 468 g/mol. The number of hydrogen-bond donors (Lipinski definition) is 1. The van der Waals surface area contributed by atoms with Gasteiger partial charge in [-0.1, -0.05) is 42.5 Å². The average molecular weight is 469 g/mol. The van der Waals surface area contributed by atoms with E-state index in [9.17, 15) is 8.42 Å². The first-order valence-electron chi connectivity index (χ1n) is 11.5. The molecule has 1 aliphatic heterocycles. The molecule has 0 bridgehead atoms. The largest absolute Gasteiger partial charge is 0.492 e. The van der Waals surface area contributed by atoms with Crippen LogP contribution in [0.3, 0.4) is 0 Å². The molecule has 0 aliphatic carbocycles. The summed E-state index contributed by atoms with van der Waals surface area (Å²) in [5.74, 6) is 1.13. The first-order valence-corrected chi connectivity index (χ1v) is 12.9. The summed E-state index contributed by atoms with van der Waals surface area (Å²) in [7, 11) is -1.90. The van der Waals surface area contributed by atoms with Gasteiger partial charge in [0, 0.05) is 32.3 Å². The second kappa shape index (κ2) is 11.0. The summed E-state index contributed by atoms with van der Waals surface area (Å²) in [5.41, 5.74) is 2.58. The predicted molar refractivity (Wildman–Crippen MR) is 129 cm³/mol. The zero-order valence-corrected chi connectivity index (χ0v) is 19.9. The fourth-order valence-corrected chi connectivity index (χ4v) is 5.26. The Morgan fingerprint density at radius 2 is 1.88 bits per heavy atom. The molecule has 3 aromatic rings. The normalized spacial score (nSPS) is 15.5. The maximum atomic E-state index is 12.3. The second-order valence-corrected chi connectivity index (χ2v) is 10.3. The topological polar surface area (TPSA) is 76.5 Å². The van der Waals surface area contributed by atoms with Crippen molar-refractivity contribution in [2.45, 2.75) is 30.2 Å². The average Bonchev–Trinajstić information content (AvgIpc) is 3.49. The molecular formula is C25H32N4O3S. The fourth-order valence-electron chi connectivity index (χ4n) is 4.27. The lowest BCUT2D eigenvalue weighted by atomic mass is 9.91. The minimum absolute atomic E-state index is 0.0117. The van der Waals surface area contributed by atoms with Crippen LogP contribution < -0.4 is 9.46 Å². The highest BCUT2D eigenvalue weighted by Crippen LogP contribution is 2.27. The Morgan fingerprint density at radius 1 is 1.09 bits per heavy atom.